The highest BCUT2D eigenvalue weighted by Crippen LogP contribution is 2.68. The molecule has 1 amide bonds. The highest BCUT2D eigenvalue weighted by Gasteiger charge is 2.63. The van der Waals surface area contributed by atoms with Crippen LogP contribution in [0.1, 0.15) is 90.5 Å². The summed E-state index contributed by atoms with van der Waals surface area (Å²) in [5.74, 6) is 1.59. The predicted octanol–water partition coefficient (Wildman–Crippen LogP) is 4.91. The molecule has 11 atom stereocenters. The maximum absolute atomic E-state index is 12.8. The normalized spacial score (nSPS) is 40.3. The van der Waals surface area contributed by atoms with Gasteiger partial charge in [0, 0.05) is 12.8 Å². The SMILES string of the molecule is CC(CCC(=O)NC(Cc1ccc(O)cc1)C(=O)O)C1CCC2C3CCC4CC(O)CCC4(C)C3CC(O)C12C. The number of benzene rings is 1. The molecule has 4 aliphatic carbocycles. The molecule has 1 aromatic rings. The third-order valence-electron chi connectivity index (χ3n) is 12.3. The number of fused-ring (bicyclic) bond motifs is 5. The third-order valence-corrected chi connectivity index (χ3v) is 12.3. The van der Waals surface area contributed by atoms with Gasteiger partial charge in [0.2, 0.25) is 5.91 Å². The molecule has 0 heterocycles. The van der Waals surface area contributed by atoms with E-state index in [2.05, 4.69) is 26.1 Å². The Kier molecular flexibility index (Phi) is 8.28. The van der Waals surface area contributed by atoms with Crippen molar-refractivity contribution in [2.75, 3.05) is 0 Å². The van der Waals surface area contributed by atoms with Gasteiger partial charge in [-0.2, -0.15) is 0 Å². The van der Waals surface area contributed by atoms with Crippen molar-refractivity contribution < 1.29 is 30.0 Å². The molecule has 0 saturated heterocycles. The van der Waals surface area contributed by atoms with Crippen molar-refractivity contribution in [3.8, 4) is 5.75 Å². The fourth-order valence-corrected chi connectivity index (χ4v) is 10.1. The van der Waals surface area contributed by atoms with E-state index in [4.69, 9.17) is 0 Å². The number of carbonyl (C=O) groups is 2. The number of hydrogen-bond donors (Lipinski definition) is 5. The number of aliphatic carboxylic acids is 1. The van der Waals surface area contributed by atoms with Gasteiger partial charge in [-0.3, -0.25) is 4.79 Å². The summed E-state index contributed by atoms with van der Waals surface area (Å²) in [4.78, 5) is 24.7. The van der Waals surface area contributed by atoms with Crippen LogP contribution < -0.4 is 5.32 Å². The summed E-state index contributed by atoms with van der Waals surface area (Å²) >= 11 is 0. The van der Waals surface area contributed by atoms with Gasteiger partial charge >= 0.3 is 5.97 Å². The number of carboxylic acids is 1. The van der Waals surface area contributed by atoms with Crippen LogP contribution in [0.25, 0.3) is 0 Å². The van der Waals surface area contributed by atoms with Crippen LogP contribution in [-0.4, -0.2) is 50.6 Å². The summed E-state index contributed by atoms with van der Waals surface area (Å²) in [6.45, 7) is 6.95. The number of carbonyl (C=O) groups excluding carboxylic acids is 1. The maximum Gasteiger partial charge on any atom is 0.326 e. The Labute approximate surface area is 238 Å². The van der Waals surface area contributed by atoms with Crippen LogP contribution in [0, 0.1) is 46.3 Å². The molecule has 222 valence electrons. The second kappa shape index (κ2) is 11.3. The highest BCUT2D eigenvalue weighted by molar-refractivity contribution is 5.83. The van der Waals surface area contributed by atoms with Gasteiger partial charge in [0.25, 0.3) is 0 Å². The minimum Gasteiger partial charge on any atom is -0.508 e. The molecule has 4 saturated carbocycles. The van der Waals surface area contributed by atoms with E-state index in [1.807, 2.05) is 0 Å². The van der Waals surface area contributed by atoms with Gasteiger partial charge in [-0.15, -0.1) is 0 Å². The Morgan fingerprint density at radius 1 is 1.00 bits per heavy atom. The summed E-state index contributed by atoms with van der Waals surface area (Å²) in [5.41, 5.74) is 0.796. The van der Waals surface area contributed by atoms with E-state index in [0.717, 1.165) is 44.1 Å². The Hall–Kier alpha value is -2.12. The van der Waals surface area contributed by atoms with Crippen molar-refractivity contribution in [3.05, 3.63) is 29.8 Å². The number of phenols is 1. The molecule has 1 aromatic carbocycles. The lowest BCUT2D eigenvalue weighted by Gasteiger charge is -2.62. The molecule has 4 fully saturated rings. The molecule has 0 aromatic heterocycles. The topological polar surface area (TPSA) is 127 Å². The molecule has 7 heteroatoms. The summed E-state index contributed by atoms with van der Waals surface area (Å²) in [7, 11) is 0. The number of rotatable bonds is 8. The van der Waals surface area contributed by atoms with E-state index in [1.165, 1.54) is 25.0 Å². The number of aliphatic hydroxyl groups is 2. The quantitative estimate of drug-likeness (QED) is 0.310. The van der Waals surface area contributed by atoms with Crippen LogP contribution in [-0.2, 0) is 16.0 Å². The van der Waals surface area contributed by atoms with Gasteiger partial charge < -0.3 is 25.7 Å². The maximum atomic E-state index is 12.8. The third kappa shape index (κ3) is 5.29. The van der Waals surface area contributed by atoms with E-state index in [9.17, 15) is 30.0 Å². The molecule has 5 rings (SSSR count). The zero-order valence-corrected chi connectivity index (χ0v) is 24.4. The van der Waals surface area contributed by atoms with Gasteiger partial charge in [-0.05, 0) is 122 Å². The summed E-state index contributed by atoms with van der Waals surface area (Å²) in [6, 6.07) is 5.35. The molecule has 40 heavy (non-hydrogen) atoms. The average molecular weight is 556 g/mol. The smallest absolute Gasteiger partial charge is 0.326 e. The van der Waals surface area contributed by atoms with Crippen LogP contribution in [0.15, 0.2) is 24.3 Å². The van der Waals surface area contributed by atoms with Crippen molar-refractivity contribution in [3.63, 3.8) is 0 Å². The minimum absolute atomic E-state index is 0.116. The van der Waals surface area contributed by atoms with Crippen LogP contribution in [0.4, 0.5) is 0 Å². The molecule has 0 aliphatic heterocycles. The Balaban J connectivity index is 1.20. The van der Waals surface area contributed by atoms with E-state index >= 15 is 0 Å². The van der Waals surface area contributed by atoms with E-state index in [-0.39, 0.29) is 53.5 Å². The Morgan fingerprint density at radius 3 is 2.42 bits per heavy atom. The zero-order chi connectivity index (χ0) is 28.8. The first-order valence-corrected chi connectivity index (χ1v) is 15.6. The molecule has 11 unspecified atom stereocenters. The number of amides is 1. The lowest BCUT2D eigenvalue weighted by Crippen LogP contribution is -2.58. The molecule has 5 N–H and O–H groups in total. The fraction of sp³-hybridized carbons (Fsp3) is 0.758. The number of hydrogen-bond acceptors (Lipinski definition) is 5. The lowest BCUT2D eigenvalue weighted by molar-refractivity contribution is -0.175. The average Bonchev–Trinajstić information content (AvgIpc) is 3.28. The second-order valence-electron chi connectivity index (χ2n) is 14.2. The van der Waals surface area contributed by atoms with E-state index in [1.54, 1.807) is 12.1 Å². The lowest BCUT2D eigenvalue weighted by atomic mass is 9.43. The number of aliphatic hydroxyl groups excluding tert-OH is 2. The Morgan fingerprint density at radius 2 is 1.73 bits per heavy atom. The number of nitrogens with one attached hydrogen (secondary N) is 1. The first kappa shape index (κ1) is 29.4. The van der Waals surface area contributed by atoms with Gasteiger partial charge in [0.15, 0.2) is 0 Å². The van der Waals surface area contributed by atoms with Crippen molar-refractivity contribution in [2.24, 2.45) is 46.3 Å². The summed E-state index contributed by atoms with van der Waals surface area (Å²) in [6.07, 6.45) is 8.87. The Bertz CT molecular complexity index is 1080. The highest BCUT2D eigenvalue weighted by atomic mass is 16.4. The van der Waals surface area contributed by atoms with E-state index < -0.39 is 12.0 Å². The number of aromatic hydroxyl groups is 1. The number of carboxylic acid groups (broad SMARTS) is 1. The first-order valence-electron chi connectivity index (χ1n) is 15.6. The van der Waals surface area contributed by atoms with Crippen LogP contribution in [0.2, 0.25) is 0 Å². The first-order chi connectivity index (χ1) is 18.9. The summed E-state index contributed by atoms with van der Waals surface area (Å²) in [5, 5.41) is 43.9. The van der Waals surface area contributed by atoms with Gasteiger partial charge in [0.1, 0.15) is 11.8 Å². The largest absolute Gasteiger partial charge is 0.508 e. The van der Waals surface area contributed by atoms with Crippen LogP contribution in [0.3, 0.4) is 0 Å². The van der Waals surface area contributed by atoms with Gasteiger partial charge in [-0.1, -0.05) is 32.9 Å². The molecule has 4 aliphatic rings. The standard InChI is InChI=1S/C33H49NO6/c1-19(4-13-30(38)34-28(31(39)40)16-20-5-8-22(35)9-6-20)25-11-12-26-24-10-7-21-17-23(36)14-15-32(21,2)27(24)18-29(37)33(25,26)3/h5-6,8-9,19,21,23-29,35-37H,4,7,10-18H2,1-3H3,(H,34,38)(H,39,40). The monoisotopic (exact) mass is 555 g/mol. The van der Waals surface area contributed by atoms with Crippen molar-refractivity contribution in [2.45, 2.75) is 110 Å². The molecular weight excluding hydrogens is 506 g/mol. The number of phenolic OH excluding ortho intramolecular Hbond substituents is 1. The minimum atomic E-state index is -1.07. The molecule has 0 bridgehead atoms. The predicted molar refractivity (Wildman–Crippen MR) is 152 cm³/mol. The molecule has 0 spiro atoms. The zero-order valence-electron chi connectivity index (χ0n) is 24.4. The molecule has 7 nitrogen and oxygen atoms in total. The van der Waals surface area contributed by atoms with Crippen molar-refractivity contribution in [1.82, 2.24) is 5.32 Å². The van der Waals surface area contributed by atoms with Gasteiger partial charge in [0.05, 0.1) is 12.2 Å². The fourth-order valence-electron chi connectivity index (χ4n) is 10.1. The summed E-state index contributed by atoms with van der Waals surface area (Å²) < 4.78 is 0. The van der Waals surface area contributed by atoms with Crippen molar-refractivity contribution in [1.29, 1.82) is 0 Å². The van der Waals surface area contributed by atoms with Crippen molar-refractivity contribution >= 4 is 11.9 Å². The van der Waals surface area contributed by atoms with Crippen LogP contribution in [0.5, 0.6) is 5.75 Å². The van der Waals surface area contributed by atoms with Crippen LogP contribution >= 0.6 is 0 Å². The molecule has 0 radical (unpaired) electrons. The van der Waals surface area contributed by atoms with E-state index in [0.29, 0.717) is 36.0 Å². The van der Waals surface area contributed by atoms with Gasteiger partial charge in [-0.25, -0.2) is 4.79 Å². The molecular formula is C33H49NO6. The second-order valence-corrected chi connectivity index (χ2v) is 14.2.